The molecule has 0 aliphatic heterocycles. The number of nitrogens with zero attached hydrogens (tertiary/aromatic N) is 4. The van der Waals surface area contributed by atoms with Crippen LogP contribution in [-0.4, -0.2) is 19.7 Å². The van der Waals surface area contributed by atoms with Crippen LogP contribution < -0.4 is 0 Å². The molecule has 72 valence electrons. The van der Waals surface area contributed by atoms with Gasteiger partial charge in [0.05, 0.1) is 0 Å². The highest BCUT2D eigenvalue weighted by molar-refractivity contribution is 5.53. The first-order chi connectivity index (χ1) is 6.79. The Kier molecular flexibility index (Phi) is 2.26. The first-order valence-electron chi connectivity index (χ1n) is 4.59. The molecule has 0 spiro atoms. The number of aromatic nitrogens is 4. The van der Waals surface area contributed by atoms with E-state index in [9.17, 15) is 0 Å². The van der Waals surface area contributed by atoms with E-state index in [4.69, 9.17) is 0 Å². The van der Waals surface area contributed by atoms with Crippen molar-refractivity contribution in [2.24, 2.45) is 0 Å². The second-order valence-electron chi connectivity index (χ2n) is 3.39. The Balaban J connectivity index is 2.47. The highest BCUT2D eigenvalue weighted by atomic mass is 15.3. The third kappa shape index (κ3) is 1.51. The average molecular weight is 188 g/mol. The van der Waals surface area contributed by atoms with Crippen molar-refractivity contribution >= 4 is 0 Å². The van der Waals surface area contributed by atoms with Crippen molar-refractivity contribution in [1.29, 1.82) is 0 Å². The van der Waals surface area contributed by atoms with Gasteiger partial charge in [0.2, 0.25) is 0 Å². The molecule has 0 aromatic carbocycles. The third-order valence-corrected chi connectivity index (χ3v) is 2.07. The van der Waals surface area contributed by atoms with E-state index < -0.39 is 0 Å². The Morgan fingerprint density at radius 2 is 1.93 bits per heavy atom. The van der Waals surface area contributed by atoms with Gasteiger partial charge in [0.1, 0.15) is 6.33 Å². The summed E-state index contributed by atoms with van der Waals surface area (Å²) in [6.45, 7) is 4.21. The Hall–Kier alpha value is -1.71. The molecule has 2 aromatic rings. The summed E-state index contributed by atoms with van der Waals surface area (Å²) < 4.78 is 2.04. The molecule has 0 saturated heterocycles. The molecule has 0 radical (unpaired) electrons. The topological polar surface area (TPSA) is 43.6 Å². The van der Waals surface area contributed by atoms with Gasteiger partial charge in [-0.2, -0.15) is 0 Å². The molecule has 14 heavy (non-hydrogen) atoms. The molecule has 2 heterocycles. The molecule has 0 unspecified atom stereocenters. The van der Waals surface area contributed by atoms with Gasteiger partial charge in [0.25, 0.3) is 0 Å². The number of hydrogen-bond acceptors (Lipinski definition) is 3. The summed E-state index contributed by atoms with van der Waals surface area (Å²) in [4.78, 5) is 3.97. The van der Waals surface area contributed by atoms with E-state index in [2.05, 4.69) is 29.0 Å². The molecule has 4 nitrogen and oxygen atoms in total. The van der Waals surface area contributed by atoms with Crippen LogP contribution in [0.15, 0.2) is 30.9 Å². The molecule has 0 amide bonds. The average Bonchev–Trinajstić information content (AvgIpc) is 2.67. The fraction of sp³-hybridized carbons (Fsp3) is 0.300. The molecule has 0 fully saturated rings. The summed E-state index contributed by atoms with van der Waals surface area (Å²) in [6.07, 6.45) is 5.27. The minimum absolute atomic E-state index is 0.369. The molecular weight excluding hydrogens is 176 g/mol. The maximum absolute atomic E-state index is 4.09. The molecule has 2 aromatic heterocycles. The minimum Gasteiger partial charge on any atom is -0.311 e. The van der Waals surface area contributed by atoms with Crippen molar-refractivity contribution in [1.82, 2.24) is 19.7 Å². The zero-order valence-electron chi connectivity index (χ0n) is 8.25. The molecule has 0 aliphatic rings. The second-order valence-corrected chi connectivity index (χ2v) is 3.39. The molecule has 4 heteroatoms. The lowest BCUT2D eigenvalue weighted by Gasteiger charge is -2.09. The molecule has 0 aliphatic carbocycles. The van der Waals surface area contributed by atoms with Crippen molar-refractivity contribution in [2.45, 2.75) is 19.9 Å². The fourth-order valence-electron chi connectivity index (χ4n) is 1.33. The summed E-state index contributed by atoms with van der Waals surface area (Å²) >= 11 is 0. The molecule has 2 rings (SSSR count). The zero-order valence-corrected chi connectivity index (χ0v) is 8.25. The lowest BCUT2D eigenvalue weighted by atomic mass is 10.2. The van der Waals surface area contributed by atoms with Gasteiger partial charge in [0.15, 0.2) is 5.82 Å². The Labute approximate surface area is 82.6 Å². The lowest BCUT2D eigenvalue weighted by molar-refractivity contribution is 0.604. The molecule has 0 atom stereocenters. The number of pyridine rings is 1. The molecule has 0 bridgehead atoms. The van der Waals surface area contributed by atoms with E-state index in [1.54, 1.807) is 18.7 Å². The molecular formula is C10H12N4. The van der Waals surface area contributed by atoms with Gasteiger partial charge in [-0.15, -0.1) is 10.2 Å². The Morgan fingerprint density at radius 3 is 2.57 bits per heavy atom. The van der Waals surface area contributed by atoms with Gasteiger partial charge < -0.3 is 4.57 Å². The van der Waals surface area contributed by atoms with Crippen molar-refractivity contribution in [2.75, 3.05) is 0 Å². The van der Waals surface area contributed by atoms with Crippen LogP contribution in [0.25, 0.3) is 11.4 Å². The summed E-state index contributed by atoms with van der Waals surface area (Å²) in [7, 11) is 0. The highest BCUT2D eigenvalue weighted by Crippen LogP contribution is 2.18. The predicted octanol–water partition coefficient (Wildman–Crippen LogP) is 1.92. The van der Waals surface area contributed by atoms with Gasteiger partial charge >= 0.3 is 0 Å². The zero-order chi connectivity index (χ0) is 9.97. The van der Waals surface area contributed by atoms with Crippen molar-refractivity contribution in [3.8, 4) is 11.4 Å². The first-order valence-corrected chi connectivity index (χ1v) is 4.59. The van der Waals surface area contributed by atoms with Crippen LogP contribution in [0.2, 0.25) is 0 Å². The maximum Gasteiger partial charge on any atom is 0.164 e. The van der Waals surface area contributed by atoms with Gasteiger partial charge in [-0.05, 0) is 26.0 Å². The predicted molar refractivity (Wildman–Crippen MR) is 53.6 cm³/mol. The van der Waals surface area contributed by atoms with Crippen LogP contribution in [0, 0.1) is 0 Å². The quantitative estimate of drug-likeness (QED) is 0.723. The van der Waals surface area contributed by atoms with E-state index in [-0.39, 0.29) is 0 Å². The Bertz CT molecular complexity index is 405. The Morgan fingerprint density at radius 1 is 1.21 bits per heavy atom. The van der Waals surface area contributed by atoms with Crippen LogP contribution in [-0.2, 0) is 0 Å². The number of hydrogen-bond donors (Lipinski definition) is 0. The van der Waals surface area contributed by atoms with Crippen LogP contribution in [0.5, 0.6) is 0 Å². The smallest absolute Gasteiger partial charge is 0.164 e. The van der Waals surface area contributed by atoms with Crippen LogP contribution >= 0.6 is 0 Å². The van der Waals surface area contributed by atoms with Crippen molar-refractivity contribution in [3.05, 3.63) is 30.9 Å². The number of rotatable bonds is 2. The van der Waals surface area contributed by atoms with Gasteiger partial charge in [-0.1, -0.05) is 0 Å². The van der Waals surface area contributed by atoms with E-state index in [0.29, 0.717) is 6.04 Å². The van der Waals surface area contributed by atoms with Crippen LogP contribution in [0.1, 0.15) is 19.9 Å². The van der Waals surface area contributed by atoms with Gasteiger partial charge in [0, 0.05) is 24.0 Å². The summed E-state index contributed by atoms with van der Waals surface area (Å²) in [5.41, 5.74) is 1.05. The summed E-state index contributed by atoms with van der Waals surface area (Å²) in [5.74, 6) is 0.891. The molecule has 0 saturated carbocycles. The van der Waals surface area contributed by atoms with E-state index in [0.717, 1.165) is 11.4 Å². The molecule has 0 N–H and O–H groups in total. The normalized spacial score (nSPS) is 10.8. The minimum atomic E-state index is 0.369. The van der Waals surface area contributed by atoms with E-state index in [1.807, 2.05) is 16.7 Å². The lowest BCUT2D eigenvalue weighted by Crippen LogP contribution is -2.01. The van der Waals surface area contributed by atoms with Crippen LogP contribution in [0.3, 0.4) is 0 Å². The SMILES string of the molecule is CC(C)n1cnnc1-c1ccncc1. The third-order valence-electron chi connectivity index (χ3n) is 2.07. The summed E-state index contributed by atoms with van der Waals surface area (Å²) in [5, 5.41) is 8.01. The standard InChI is InChI=1S/C10H12N4/c1-8(2)14-7-12-13-10(14)9-3-5-11-6-4-9/h3-8H,1-2H3. The largest absolute Gasteiger partial charge is 0.311 e. The summed E-state index contributed by atoms with van der Waals surface area (Å²) in [6, 6.07) is 4.24. The van der Waals surface area contributed by atoms with Crippen molar-refractivity contribution < 1.29 is 0 Å². The fourth-order valence-corrected chi connectivity index (χ4v) is 1.33. The van der Waals surface area contributed by atoms with Crippen LogP contribution in [0.4, 0.5) is 0 Å². The van der Waals surface area contributed by atoms with Gasteiger partial charge in [-0.25, -0.2) is 0 Å². The maximum atomic E-state index is 4.09. The van der Waals surface area contributed by atoms with Gasteiger partial charge in [-0.3, -0.25) is 4.98 Å². The first kappa shape index (κ1) is 8.87. The highest BCUT2D eigenvalue weighted by Gasteiger charge is 2.08. The second kappa shape index (κ2) is 3.57. The van der Waals surface area contributed by atoms with E-state index in [1.165, 1.54) is 0 Å². The van der Waals surface area contributed by atoms with E-state index >= 15 is 0 Å². The van der Waals surface area contributed by atoms with Crippen molar-refractivity contribution in [3.63, 3.8) is 0 Å². The monoisotopic (exact) mass is 188 g/mol.